The minimum atomic E-state index is -0.0418. The number of pyridine rings is 1. The topological polar surface area (TPSA) is 74.6 Å². The maximum absolute atomic E-state index is 13.7. The van der Waals surface area contributed by atoms with E-state index in [2.05, 4.69) is 84.1 Å². The van der Waals surface area contributed by atoms with Crippen molar-refractivity contribution in [3.05, 3.63) is 58.9 Å². The lowest BCUT2D eigenvalue weighted by Gasteiger charge is -2.19. The molecule has 0 saturated carbocycles. The van der Waals surface area contributed by atoms with Crippen molar-refractivity contribution in [2.75, 3.05) is 44.2 Å². The summed E-state index contributed by atoms with van der Waals surface area (Å²) in [7, 11) is 0. The van der Waals surface area contributed by atoms with Crippen molar-refractivity contribution < 1.29 is 4.79 Å². The molecule has 3 aliphatic rings. The van der Waals surface area contributed by atoms with Crippen LogP contribution in [0.4, 0.5) is 5.82 Å². The van der Waals surface area contributed by atoms with Crippen LogP contribution in [0.2, 0.25) is 0 Å². The predicted octanol–water partition coefficient (Wildman–Crippen LogP) is 5.16. The van der Waals surface area contributed by atoms with Gasteiger partial charge in [0.2, 0.25) is 0 Å². The van der Waals surface area contributed by atoms with Crippen molar-refractivity contribution in [1.82, 2.24) is 20.2 Å². The summed E-state index contributed by atoms with van der Waals surface area (Å²) < 4.78 is 2.27. The molecule has 6 rings (SSSR count). The van der Waals surface area contributed by atoms with Crippen molar-refractivity contribution in [2.24, 2.45) is 16.8 Å². The Hall–Kier alpha value is -3.45. The molecule has 204 valence electrons. The number of dihydropyridines is 1. The van der Waals surface area contributed by atoms with Gasteiger partial charge in [-0.2, -0.15) is 0 Å². The Bertz CT molecular complexity index is 1470. The highest BCUT2D eigenvalue weighted by atomic mass is 16.1. The quantitative estimate of drug-likeness (QED) is 0.437. The van der Waals surface area contributed by atoms with Crippen molar-refractivity contribution in [1.29, 1.82) is 0 Å². The van der Waals surface area contributed by atoms with Crippen LogP contribution in [0.25, 0.3) is 22.0 Å². The number of aryl methyl sites for hydroxylation is 1. The Balaban J connectivity index is 1.31. The molecular weight excluding hydrogens is 484 g/mol. The molecule has 0 spiro atoms. The van der Waals surface area contributed by atoms with E-state index in [1.54, 1.807) is 0 Å². The number of nitrogens with zero attached hydrogens (tertiary/aromatic N) is 4. The molecular formula is C32H40N6O. The van der Waals surface area contributed by atoms with Crippen LogP contribution in [0, 0.1) is 18.8 Å². The van der Waals surface area contributed by atoms with E-state index in [1.807, 2.05) is 12.3 Å². The highest BCUT2D eigenvalue weighted by Gasteiger charge is 2.36. The van der Waals surface area contributed by atoms with Crippen LogP contribution in [0.1, 0.15) is 56.1 Å². The van der Waals surface area contributed by atoms with E-state index in [0.29, 0.717) is 13.1 Å². The SMILES string of the molecule is CC1=NCC(CNC(=O)c2cc(-c3ccc(N4CC5CNCC5C4)nc3)cc3c2c(C)cn3C(C)C)=C(C)C1. The van der Waals surface area contributed by atoms with Gasteiger partial charge in [0.05, 0.1) is 6.54 Å². The molecule has 2 atom stereocenters. The second kappa shape index (κ2) is 10.3. The largest absolute Gasteiger partial charge is 0.356 e. The van der Waals surface area contributed by atoms with Gasteiger partial charge < -0.3 is 20.1 Å². The number of hydrogen-bond acceptors (Lipinski definition) is 5. The molecule has 2 N–H and O–H groups in total. The highest BCUT2D eigenvalue weighted by molar-refractivity contribution is 6.09. The molecule has 1 aromatic carbocycles. The van der Waals surface area contributed by atoms with Gasteiger partial charge >= 0.3 is 0 Å². The molecule has 2 fully saturated rings. The van der Waals surface area contributed by atoms with E-state index >= 15 is 0 Å². The normalized spacial score (nSPS) is 21.2. The van der Waals surface area contributed by atoms with E-state index in [9.17, 15) is 4.79 Å². The van der Waals surface area contributed by atoms with Gasteiger partial charge in [-0.3, -0.25) is 9.79 Å². The lowest BCUT2D eigenvalue weighted by Crippen LogP contribution is -2.28. The fourth-order valence-electron chi connectivity index (χ4n) is 6.57. The number of aliphatic imine (C=N–C) groups is 1. The van der Waals surface area contributed by atoms with Crippen LogP contribution in [-0.2, 0) is 0 Å². The zero-order valence-corrected chi connectivity index (χ0v) is 23.8. The number of carbonyl (C=O) groups is 1. The fraction of sp³-hybridized carbons (Fsp3) is 0.469. The molecule has 3 aromatic rings. The molecule has 0 aliphatic carbocycles. The zero-order valence-electron chi connectivity index (χ0n) is 23.8. The third-order valence-corrected chi connectivity index (χ3v) is 8.85. The lowest BCUT2D eigenvalue weighted by molar-refractivity contribution is 0.0958. The molecule has 5 heterocycles. The molecule has 0 radical (unpaired) electrons. The van der Waals surface area contributed by atoms with Gasteiger partial charge in [0.15, 0.2) is 0 Å². The van der Waals surface area contributed by atoms with Crippen molar-refractivity contribution in [2.45, 2.75) is 47.1 Å². The third kappa shape index (κ3) is 4.89. The van der Waals surface area contributed by atoms with Crippen LogP contribution >= 0.6 is 0 Å². The number of rotatable bonds is 6. The van der Waals surface area contributed by atoms with E-state index in [0.717, 1.165) is 89.1 Å². The van der Waals surface area contributed by atoms with Gasteiger partial charge in [0.1, 0.15) is 5.82 Å². The Morgan fingerprint density at radius 3 is 2.54 bits per heavy atom. The first-order valence-corrected chi connectivity index (χ1v) is 14.3. The van der Waals surface area contributed by atoms with Crippen molar-refractivity contribution in [3.8, 4) is 11.1 Å². The summed E-state index contributed by atoms with van der Waals surface area (Å²) in [5, 5.41) is 7.75. The van der Waals surface area contributed by atoms with E-state index in [-0.39, 0.29) is 11.9 Å². The van der Waals surface area contributed by atoms with Gasteiger partial charge in [-0.05, 0) is 87.4 Å². The maximum atomic E-state index is 13.7. The first kappa shape index (κ1) is 25.8. The van der Waals surface area contributed by atoms with Crippen LogP contribution < -0.4 is 15.5 Å². The number of carbonyl (C=O) groups excluding carboxylic acids is 1. The first-order chi connectivity index (χ1) is 18.8. The van der Waals surface area contributed by atoms with E-state index < -0.39 is 0 Å². The Morgan fingerprint density at radius 2 is 1.87 bits per heavy atom. The monoisotopic (exact) mass is 524 g/mol. The average Bonchev–Trinajstić information content (AvgIpc) is 3.62. The van der Waals surface area contributed by atoms with Crippen LogP contribution in [-0.4, -0.2) is 60.4 Å². The third-order valence-electron chi connectivity index (χ3n) is 8.85. The highest BCUT2D eigenvalue weighted by Crippen LogP contribution is 2.34. The fourth-order valence-corrected chi connectivity index (χ4v) is 6.57. The second-order valence-corrected chi connectivity index (χ2v) is 12.0. The second-order valence-electron chi connectivity index (χ2n) is 12.0. The number of benzene rings is 1. The molecule has 3 aliphatic heterocycles. The number of amides is 1. The van der Waals surface area contributed by atoms with Gasteiger partial charge in [-0.1, -0.05) is 5.57 Å². The van der Waals surface area contributed by atoms with Crippen LogP contribution in [0.15, 0.2) is 52.8 Å². The number of aromatic nitrogens is 2. The van der Waals surface area contributed by atoms with Crippen LogP contribution in [0.3, 0.4) is 0 Å². The van der Waals surface area contributed by atoms with Crippen LogP contribution in [0.5, 0.6) is 0 Å². The van der Waals surface area contributed by atoms with E-state index in [4.69, 9.17) is 4.98 Å². The summed E-state index contributed by atoms with van der Waals surface area (Å²) in [6.07, 6.45) is 5.03. The lowest BCUT2D eigenvalue weighted by atomic mass is 9.98. The molecule has 2 aromatic heterocycles. The summed E-state index contributed by atoms with van der Waals surface area (Å²) in [4.78, 5) is 25.6. The Morgan fingerprint density at radius 1 is 1.10 bits per heavy atom. The number of allylic oxidation sites excluding steroid dienone is 1. The predicted molar refractivity (Wildman–Crippen MR) is 160 cm³/mol. The minimum Gasteiger partial charge on any atom is -0.356 e. The number of hydrogen-bond donors (Lipinski definition) is 2. The Kier molecular flexibility index (Phi) is 6.79. The van der Waals surface area contributed by atoms with E-state index in [1.165, 1.54) is 11.1 Å². The van der Waals surface area contributed by atoms with Crippen molar-refractivity contribution >= 4 is 28.3 Å². The molecule has 39 heavy (non-hydrogen) atoms. The summed E-state index contributed by atoms with van der Waals surface area (Å²) in [6, 6.07) is 8.84. The first-order valence-electron chi connectivity index (χ1n) is 14.3. The molecule has 7 nitrogen and oxygen atoms in total. The molecule has 2 unspecified atom stereocenters. The number of nitrogens with one attached hydrogen (secondary N) is 2. The van der Waals surface area contributed by atoms with Gasteiger partial charge in [0, 0.05) is 85.3 Å². The van der Waals surface area contributed by atoms with Gasteiger partial charge in [0.25, 0.3) is 5.91 Å². The average molecular weight is 525 g/mol. The minimum absolute atomic E-state index is 0.0418. The smallest absolute Gasteiger partial charge is 0.252 e. The summed E-state index contributed by atoms with van der Waals surface area (Å²) in [6.45, 7) is 16.2. The zero-order chi connectivity index (χ0) is 27.3. The maximum Gasteiger partial charge on any atom is 0.252 e. The number of anilines is 1. The van der Waals surface area contributed by atoms with Gasteiger partial charge in [-0.25, -0.2) is 4.98 Å². The molecule has 2 saturated heterocycles. The van der Waals surface area contributed by atoms with Gasteiger partial charge in [-0.15, -0.1) is 0 Å². The summed E-state index contributed by atoms with van der Waals surface area (Å²) in [5.41, 5.74) is 8.65. The number of fused-ring (bicyclic) bond motifs is 2. The molecule has 1 amide bonds. The molecule has 7 heteroatoms. The Labute approximate surface area is 231 Å². The summed E-state index contributed by atoms with van der Waals surface area (Å²) in [5.74, 6) is 2.46. The standard InChI is InChI=1S/C32H40N6O/c1-19(2)38-16-21(4)31-28(32(39)36-15-25-14-34-22(5)8-20(25)3)9-24(10-29(31)38)23-6-7-30(35-13-23)37-17-26-11-33-12-27(26)18-37/h6-7,9-10,13,16,19,26-27,33H,8,11-12,14-15,17-18H2,1-5H3,(H,36,39). The van der Waals surface area contributed by atoms with Crippen molar-refractivity contribution in [3.63, 3.8) is 0 Å². The molecule has 0 bridgehead atoms. The summed E-state index contributed by atoms with van der Waals surface area (Å²) >= 11 is 0.